The summed E-state index contributed by atoms with van der Waals surface area (Å²) in [5, 5.41) is 3.05. The number of fused-ring (bicyclic) bond motifs is 2. The van der Waals surface area contributed by atoms with Gasteiger partial charge in [-0.15, -0.1) is 0 Å². The lowest BCUT2D eigenvalue weighted by Crippen LogP contribution is -2.52. The van der Waals surface area contributed by atoms with E-state index in [4.69, 9.17) is 13.9 Å². The van der Waals surface area contributed by atoms with E-state index in [1.807, 2.05) is 47.1 Å². The largest absolute Gasteiger partial charge is 0.466 e. The molecular formula is C44H60N6O8. The smallest absolute Gasteiger partial charge is 0.419 e. The van der Waals surface area contributed by atoms with Crippen LogP contribution in [0.5, 0.6) is 0 Å². The van der Waals surface area contributed by atoms with Gasteiger partial charge in [-0.3, -0.25) is 14.2 Å². The van der Waals surface area contributed by atoms with E-state index in [1.54, 1.807) is 18.0 Å². The number of oxazole rings is 1. The SMILES string of the molecule is CCCCOC(=O)CCN1CCC(C2CCN(C(=O)[C@@H](Cc3cc(C)c4c(c3)oc(=O)n4C)OC(=O)N3CCC(N4CCc5ccccc5NC4=O)CC3)CC2)CC1. The number of aromatic nitrogens is 1. The number of para-hydroxylation sites is 1. The zero-order valence-electron chi connectivity index (χ0n) is 34.4. The van der Waals surface area contributed by atoms with Crippen LogP contribution in [0.4, 0.5) is 15.3 Å². The average Bonchev–Trinajstić information content (AvgIpc) is 3.41. The molecule has 0 radical (unpaired) electrons. The van der Waals surface area contributed by atoms with E-state index in [9.17, 15) is 24.0 Å². The van der Waals surface area contributed by atoms with Gasteiger partial charge in [0, 0.05) is 64.5 Å². The minimum Gasteiger partial charge on any atom is -0.466 e. The number of hydrogen-bond acceptors (Lipinski definition) is 9. The highest BCUT2D eigenvalue weighted by Crippen LogP contribution is 2.33. The zero-order valence-corrected chi connectivity index (χ0v) is 34.4. The molecule has 3 saturated heterocycles. The molecule has 4 aliphatic heterocycles. The fourth-order valence-electron chi connectivity index (χ4n) is 9.48. The minimum atomic E-state index is -1.05. The van der Waals surface area contributed by atoms with Crippen LogP contribution >= 0.6 is 0 Å². The molecule has 0 spiro atoms. The number of likely N-dealkylation sites (tertiary alicyclic amines) is 3. The molecule has 0 bridgehead atoms. The number of nitrogens with zero attached hydrogens (tertiary/aromatic N) is 5. The fraction of sp³-hybridized carbons (Fsp3) is 0.614. The topological polar surface area (TPSA) is 147 Å². The standard InChI is InChI=1S/C44H60N6O8/c1-4-5-26-56-39(51)17-20-47-18-10-32(11-19-47)33-12-21-48(22-13-33)41(52)38(29-31-27-30(2)40-37(28-31)57-43(54)46(40)3)58-44(55)49-23-15-35(16-24-49)50-25-14-34-8-6-7-9-36(34)45-42(50)53/h6-9,27-28,32-33,35,38H,4-5,10-26,29H2,1-3H3,(H,45,53)/t38-/m1/s1. The first-order valence-electron chi connectivity index (χ1n) is 21.4. The van der Waals surface area contributed by atoms with Crippen LogP contribution in [-0.4, -0.2) is 119 Å². The Morgan fingerprint density at radius 3 is 2.31 bits per heavy atom. The van der Waals surface area contributed by atoms with Crippen LogP contribution in [0.3, 0.4) is 0 Å². The lowest BCUT2D eigenvalue weighted by Gasteiger charge is -2.41. The van der Waals surface area contributed by atoms with E-state index in [0.717, 1.165) is 87.0 Å². The Hall–Kier alpha value is -4.85. The van der Waals surface area contributed by atoms with Gasteiger partial charge in [0.2, 0.25) is 0 Å². The average molecular weight is 801 g/mol. The Kier molecular flexibility index (Phi) is 13.4. The van der Waals surface area contributed by atoms with Gasteiger partial charge in [0.25, 0.3) is 5.91 Å². The molecule has 58 heavy (non-hydrogen) atoms. The van der Waals surface area contributed by atoms with E-state index in [-0.39, 0.29) is 30.4 Å². The van der Waals surface area contributed by atoms with E-state index in [2.05, 4.69) is 17.1 Å². The number of benzene rings is 2. The summed E-state index contributed by atoms with van der Waals surface area (Å²) in [7, 11) is 1.66. The molecule has 314 valence electrons. The number of esters is 1. The summed E-state index contributed by atoms with van der Waals surface area (Å²) in [5.74, 6) is 0.298. The summed E-state index contributed by atoms with van der Waals surface area (Å²) in [5.41, 5.74) is 4.65. The Balaban J connectivity index is 0.953. The molecule has 3 aromatic rings. The monoisotopic (exact) mass is 800 g/mol. The van der Waals surface area contributed by atoms with Crippen LogP contribution in [0.15, 0.2) is 45.6 Å². The summed E-state index contributed by atoms with van der Waals surface area (Å²) >= 11 is 0. The van der Waals surface area contributed by atoms with Gasteiger partial charge in [-0.05, 0) is 112 Å². The summed E-state index contributed by atoms with van der Waals surface area (Å²) in [6, 6.07) is 11.4. The van der Waals surface area contributed by atoms with Gasteiger partial charge in [0.05, 0.1) is 18.5 Å². The maximum absolute atomic E-state index is 14.3. The molecule has 14 nitrogen and oxygen atoms in total. The quantitative estimate of drug-likeness (QED) is 0.179. The van der Waals surface area contributed by atoms with Crippen molar-refractivity contribution < 1.29 is 33.1 Å². The lowest BCUT2D eigenvalue weighted by atomic mass is 9.78. The molecule has 1 atom stereocenters. The number of unbranched alkanes of at least 4 members (excludes halogenated alkanes) is 1. The second-order valence-corrected chi connectivity index (χ2v) is 16.7. The van der Waals surface area contributed by atoms with E-state index in [1.165, 1.54) is 4.57 Å². The number of aryl methyl sites for hydroxylation is 2. The Bertz CT molecular complexity index is 1990. The third kappa shape index (κ3) is 9.70. The van der Waals surface area contributed by atoms with Crippen molar-refractivity contribution in [3.05, 3.63) is 63.6 Å². The summed E-state index contributed by atoms with van der Waals surface area (Å²) in [4.78, 5) is 73.6. The molecule has 14 heteroatoms. The van der Waals surface area contributed by atoms with Crippen molar-refractivity contribution in [2.75, 3.05) is 64.3 Å². The number of hydrogen-bond donors (Lipinski definition) is 1. The van der Waals surface area contributed by atoms with Crippen molar-refractivity contribution >= 4 is 40.8 Å². The summed E-state index contributed by atoms with van der Waals surface area (Å²) in [6.45, 7) is 9.76. The van der Waals surface area contributed by atoms with Gasteiger partial charge in [-0.1, -0.05) is 37.6 Å². The Labute approximate surface area is 340 Å². The number of piperidine rings is 3. The van der Waals surface area contributed by atoms with E-state index < -0.39 is 18.0 Å². The van der Waals surface area contributed by atoms with Crippen LogP contribution < -0.4 is 11.1 Å². The number of anilines is 1. The van der Waals surface area contributed by atoms with Crippen LogP contribution in [0.1, 0.15) is 81.4 Å². The molecule has 4 aliphatic rings. The maximum atomic E-state index is 14.3. The lowest BCUT2D eigenvalue weighted by molar-refractivity contribution is -0.144. The molecule has 1 aromatic heterocycles. The van der Waals surface area contributed by atoms with Gasteiger partial charge < -0.3 is 38.8 Å². The van der Waals surface area contributed by atoms with Gasteiger partial charge in [0.1, 0.15) is 0 Å². The van der Waals surface area contributed by atoms with E-state index >= 15 is 0 Å². The number of carbonyl (C=O) groups is 4. The molecule has 7 rings (SSSR count). The molecular weight excluding hydrogens is 741 g/mol. The normalized spacial score (nSPS) is 19.4. The van der Waals surface area contributed by atoms with Crippen molar-refractivity contribution in [3.8, 4) is 0 Å². The highest BCUT2D eigenvalue weighted by atomic mass is 16.6. The first-order valence-corrected chi connectivity index (χ1v) is 21.4. The third-order valence-electron chi connectivity index (χ3n) is 12.9. The highest BCUT2D eigenvalue weighted by Gasteiger charge is 2.37. The molecule has 1 N–H and O–H groups in total. The molecule has 2 aromatic carbocycles. The number of amides is 4. The van der Waals surface area contributed by atoms with E-state index in [0.29, 0.717) is 81.5 Å². The third-order valence-corrected chi connectivity index (χ3v) is 12.9. The van der Waals surface area contributed by atoms with Crippen molar-refractivity contribution in [1.29, 1.82) is 0 Å². The predicted octanol–water partition coefficient (Wildman–Crippen LogP) is 5.73. The maximum Gasteiger partial charge on any atom is 0.419 e. The van der Waals surface area contributed by atoms with Crippen molar-refractivity contribution in [2.45, 2.75) is 96.6 Å². The van der Waals surface area contributed by atoms with Crippen LogP contribution in [0.25, 0.3) is 11.1 Å². The number of carbonyl (C=O) groups excluding carboxylic acids is 4. The Morgan fingerprint density at radius 2 is 1.59 bits per heavy atom. The number of nitrogens with one attached hydrogen (secondary N) is 1. The number of ether oxygens (including phenoxy) is 2. The Morgan fingerprint density at radius 1 is 0.897 bits per heavy atom. The molecule has 3 fully saturated rings. The molecule has 0 aliphatic carbocycles. The van der Waals surface area contributed by atoms with Gasteiger partial charge in [-0.25, -0.2) is 14.4 Å². The van der Waals surface area contributed by atoms with Crippen molar-refractivity contribution in [1.82, 2.24) is 24.2 Å². The molecule has 4 amide bonds. The van der Waals surface area contributed by atoms with Crippen molar-refractivity contribution in [3.63, 3.8) is 0 Å². The summed E-state index contributed by atoms with van der Waals surface area (Å²) in [6.07, 6.45) is 6.81. The molecule has 0 unspecified atom stereocenters. The molecule has 0 saturated carbocycles. The van der Waals surface area contributed by atoms with Gasteiger partial charge >= 0.3 is 23.8 Å². The second-order valence-electron chi connectivity index (χ2n) is 16.7. The first kappa shape index (κ1) is 41.3. The van der Waals surface area contributed by atoms with Crippen LogP contribution in [0.2, 0.25) is 0 Å². The predicted molar refractivity (Wildman–Crippen MR) is 220 cm³/mol. The van der Waals surface area contributed by atoms with Gasteiger partial charge in [0.15, 0.2) is 11.7 Å². The fourth-order valence-corrected chi connectivity index (χ4v) is 9.48. The van der Waals surface area contributed by atoms with Crippen LogP contribution in [0, 0.1) is 18.8 Å². The zero-order chi connectivity index (χ0) is 40.8. The number of rotatable bonds is 12. The first-order chi connectivity index (χ1) is 28.1. The summed E-state index contributed by atoms with van der Waals surface area (Å²) < 4.78 is 18.4. The highest BCUT2D eigenvalue weighted by molar-refractivity contribution is 5.91. The van der Waals surface area contributed by atoms with Crippen LogP contribution in [-0.2, 0) is 39.0 Å². The molecule has 5 heterocycles. The van der Waals surface area contributed by atoms with Gasteiger partial charge in [-0.2, -0.15) is 0 Å². The number of urea groups is 1. The minimum absolute atomic E-state index is 0.0151. The second kappa shape index (κ2) is 18.8. The van der Waals surface area contributed by atoms with Crippen molar-refractivity contribution in [2.24, 2.45) is 18.9 Å².